The van der Waals surface area contributed by atoms with E-state index in [1.54, 1.807) is 0 Å². The first-order valence-corrected chi connectivity index (χ1v) is 7.97. The molecular formula is C22H13N. The van der Waals surface area contributed by atoms with Crippen LogP contribution in [0.4, 0.5) is 0 Å². The van der Waals surface area contributed by atoms with Crippen molar-refractivity contribution in [3.63, 3.8) is 0 Å². The summed E-state index contributed by atoms with van der Waals surface area (Å²) >= 11 is 0. The molecule has 0 saturated heterocycles. The summed E-state index contributed by atoms with van der Waals surface area (Å²) < 4.78 is 2.37. The van der Waals surface area contributed by atoms with E-state index >= 15 is 0 Å². The molecule has 0 amide bonds. The lowest BCUT2D eigenvalue weighted by Crippen LogP contribution is -1.79. The van der Waals surface area contributed by atoms with Gasteiger partial charge in [-0.15, -0.1) is 0 Å². The molecule has 4 aromatic carbocycles. The molecule has 2 heterocycles. The van der Waals surface area contributed by atoms with Gasteiger partial charge in [-0.05, 0) is 28.3 Å². The predicted octanol–water partition coefficient (Wildman–Crippen LogP) is 5.99. The van der Waals surface area contributed by atoms with Gasteiger partial charge in [-0.1, -0.05) is 60.7 Å². The lowest BCUT2D eigenvalue weighted by atomic mass is 10.0. The first-order chi connectivity index (χ1) is 11.4. The molecule has 0 N–H and O–H groups in total. The van der Waals surface area contributed by atoms with Gasteiger partial charge in [0.05, 0.1) is 11.0 Å². The Balaban J connectivity index is 2.02. The molecule has 0 aliphatic rings. The van der Waals surface area contributed by atoms with Crippen LogP contribution in [0.3, 0.4) is 0 Å². The summed E-state index contributed by atoms with van der Waals surface area (Å²) in [7, 11) is 0. The largest absolute Gasteiger partial charge is 0.315 e. The lowest BCUT2D eigenvalue weighted by Gasteiger charge is -2.01. The number of rotatable bonds is 0. The van der Waals surface area contributed by atoms with Gasteiger partial charge in [-0.2, -0.15) is 0 Å². The molecule has 0 aliphatic carbocycles. The Labute approximate surface area is 132 Å². The zero-order valence-corrected chi connectivity index (χ0v) is 12.5. The molecule has 106 valence electrons. The summed E-state index contributed by atoms with van der Waals surface area (Å²) in [6.07, 6.45) is 2.22. The van der Waals surface area contributed by atoms with Gasteiger partial charge >= 0.3 is 0 Å². The summed E-state index contributed by atoms with van der Waals surface area (Å²) in [5.41, 5.74) is 2.67. The molecule has 23 heavy (non-hydrogen) atoms. The van der Waals surface area contributed by atoms with Gasteiger partial charge < -0.3 is 4.40 Å². The zero-order valence-electron chi connectivity index (χ0n) is 12.5. The number of aromatic nitrogens is 1. The Morgan fingerprint density at radius 3 is 2.09 bits per heavy atom. The van der Waals surface area contributed by atoms with E-state index in [1.165, 1.54) is 48.7 Å². The maximum Gasteiger partial charge on any atom is 0.0614 e. The molecule has 0 aliphatic heterocycles. The minimum atomic E-state index is 1.30. The molecule has 0 saturated carbocycles. The number of hydrogen-bond donors (Lipinski definition) is 0. The van der Waals surface area contributed by atoms with Crippen molar-refractivity contribution in [2.24, 2.45) is 0 Å². The molecule has 0 radical (unpaired) electrons. The first-order valence-electron chi connectivity index (χ1n) is 7.97. The summed E-state index contributed by atoms with van der Waals surface area (Å²) in [6.45, 7) is 0. The molecule has 0 spiro atoms. The van der Waals surface area contributed by atoms with E-state index < -0.39 is 0 Å². The Morgan fingerprint density at radius 1 is 0.478 bits per heavy atom. The second-order valence-corrected chi connectivity index (χ2v) is 6.28. The van der Waals surface area contributed by atoms with E-state index in [1.807, 2.05) is 0 Å². The van der Waals surface area contributed by atoms with Crippen LogP contribution in [0.1, 0.15) is 0 Å². The second kappa shape index (κ2) is 3.82. The zero-order chi connectivity index (χ0) is 15.0. The third-order valence-corrected chi connectivity index (χ3v) is 5.12. The van der Waals surface area contributed by atoms with Crippen molar-refractivity contribution >= 4 is 48.7 Å². The molecule has 2 aromatic heterocycles. The Hall–Kier alpha value is -3.06. The minimum absolute atomic E-state index is 1.30. The minimum Gasteiger partial charge on any atom is -0.315 e. The molecule has 0 fully saturated rings. The van der Waals surface area contributed by atoms with Gasteiger partial charge in [0.25, 0.3) is 0 Å². The van der Waals surface area contributed by atoms with Gasteiger partial charge in [0, 0.05) is 27.7 Å². The van der Waals surface area contributed by atoms with E-state index in [9.17, 15) is 0 Å². The first kappa shape index (κ1) is 11.5. The third-order valence-electron chi connectivity index (χ3n) is 5.12. The molecular weight excluding hydrogens is 278 g/mol. The SMILES string of the molecule is c1ccc2c(c1)cc1c3ccc4ccccc4c3n3ccc2c13. The smallest absolute Gasteiger partial charge is 0.0614 e. The van der Waals surface area contributed by atoms with Crippen molar-refractivity contribution in [2.75, 3.05) is 0 Å². The molecule has 1 nitrogen and oxygen atoms in total. The second-order valence-electron chi connectivity index (χ2n) is 6.28. The van der Waals surface area contributed by atoms with Crippen molar-refractivity contribution in [3.05, 3.63) is 79.0 Å². The maximum absolute atomic E-state index is 2.37. The summed E-state index contributed by atoms with van der Waals surface area (Å²) in [5, 5.41) is 9.31. The van der Waals surface area contributed by atoms with E-state index in [4.69, 9.17) is 0 Å². The van der Waals surface area contributed by atoms with Gasteiger partial charge in [-0.25, -0.2) is 0 Å². The Kier molecular flexibility index (Phi) is 1.91. The number of hydrogen-bond acceptors (Lipinski definition) is 0. The average Bonchev–Trinajstić information content (AvgIpc) is 3.17. The summed E-state index contributed by atoms with van der Waals surface area (Å²) in [5.74, 6) is 0. The van der Waals surface area contributed by atoms with Crippen LogP contribution in [0.25, 0.3) is 48.7 Å². The molecule has 0 unspecified atom stereocenters. The molecule has 1 heteroatoms. The lowest BCUT2D eigenvalue weighted by molar-refractivity contribution is 1.31. The topological polar surface area (TPSA) is 4.41 Å². The highest BCUT2D eigenvalue weighted by molar-refractivity contribution is 6.26. The number of benzene rings is 4. The fourth-order valence-electron chi connectivity index (χ4n) is 4.14. The fourth-order valence-corrected chi connectivity index (χ4v) is 4.14. The highest BCUT2D eigenvalue weighted by Gasteiger charge is 2.15. The van der Waals surface area contributed by atoms with Gasteiger partial charge in [0.1, 0.15) is 0 Å². The number of nitrogens with zero attached hydrogens (tertiary/aromatic N) is 1. The average molecular weight is 291 g/mol. The molecule has 0 bridgehead atoms. The van der Waals surface area contributed by atoms with Crippen LogP contribution < -0.4 is 0 Å². The van der Waals surface area contributed by atoms with Crippen LogP contribution in [-0.2, 0) is 0 Å². The van der Waals surface area contributed by atoms with Crippen LogP contribution in [0.15, 0.2) is 79.0 Å². The maximum atomic E-state index is 2.37. The summed E-state index contributed by atoms with van der Waals surface area (Å²) in [4.78, 5) is 0. The van der Waals surface area contributed by atoms with Gasteiger partial charge in [0.15, 0.2) is 0 Å². The molecule has 0 atom stereocenters. The highest BCUT2D eigenvalue weighted by atomic mass is 14.9. The van der Waals surface area contributed by atoms with Crippen molar-refractivity contribution in [1.29, 1.82) is 0 Å². The van der Waals surface area contributed by atoms with E-state index in [0.29, 0.717) is 0 Å². The normalized spacial score (nSPS) is 12.3. The van der Waals surface area contributed by atoms with Crippen molar-refractivity contribution in [2.45, 2.75) is 0 Å². The van der Waals surface area contributed by atoms with Crippen molar-refractivity contribution < 1.29 is 0 Å². The molecule has 6 aromatic rings. The number of fused-ring (bicyclic) bond motifs is 7. The highest BCUT2D eigenvalue weighted by Crippen LogP contribution is 2.39. The van der Waals surface area contributed by atoms with Gasteiger partial charge in [0.2, 0.25) is 0 Å². The fraction of sp³-hybridized carbons (Fsp3) is 0. The summed E-state index contributed by atoms with van der Waals surface area (Å²) in [6, 6.07) is 26.4. The Morgan fingerprint density at radius 2 is 1.17 bits per heavy atom. The standard InChI is InChI=1S/C22H13N/c1-4-8-17-14(5-1)9-10-18-20-13-15-6-2-3-7-16(15)19-11-12-23(21(17)18)22(19)20/h1-13H. The third kappa shape index (κ3) is 1.29. The van der Waals surface area contributed by atoms with Gasteiger partial charge in [-0.3, -0.25) is 0 Å². The Bertz CT molecular complexity index is 1350. The van der Waals surface area contributed by atoms with E-state index in [2.05, 4.69) is 83.4 Å². The predicted molar refractivity (Wildman–Crippen MR) is 98.6 cm³/mol. The van der Waals surface area contributed by atoms with Crippen LogP contribution in [0, 0.1) is 0 Å². The monoisotopic (exact) mass is 291 g/mol. The van der Waals surface area contributed by atoms with E-state index in [0.717, 1.165) is 0 Å². The van der Waals surface area contributed by atoms with Crippen LogP contribution in [0.5, 0.6) is 0 Å². The quantitative estimate of drug-likeness (QED) is 0.324. The van der Waals surface area contributed by atoms with Crippen molar-refractivity contribution in [3.8, 4) is 0 Å². The molecule has 6 rings (SSSR count). The van der Waals surface area contributed by atoms with Crippen LogP contribution >= 0.6 is 0 Å². The van der Waals surface area contributed by atoms with Crippen LogP contribution in [0.2, 0.25) is 0 Å². The van der Waals surface area contributed by atoms with Crippen LogP contribution in [-0.4, -0.2) is 4.40 Å². The van der Waals surface area contributed by atoms with E-state index in [-0.39, 0.29) is 0 Å². The van der Waals surface area contributed by atoms with Crippen molar-refractivity contribution in [1.82, 2.24) is 4.40 Å².